The molecule has 0 aromatic heterocycles. The molecule has 6 nitrogen and oxygen atoms in total. The van der Waals surface area contributed by atoms with E-state index in [9.17, 15) is 22.4 Å². The molecule has 0 radical (unpaired) electrons. The van der Waals surface area contributed by atoms with Crippen molar-refractivity contribution >= 4 is 21.7 Å². The number of amides is 1. The summed E-state index contributed by atoms with van der Waals surface area (Å²) in [5.41, 5.74) is 2.51. The van der Waals surface area contributed by atoms with Crippen LogP contribution in [0.15, 0.2) is 47.4 Å². The van der Waals surface area contributed by atoms with Crippen LogP contribution in [-0.2, 0) is 14.8 Å². The molecule has 0 saturated carbocycles. The minimum Gasteiger partial charge on any atom is -0.340 e. The Kier molecular flexibility index (Phi) is 6.67. The highest BCUT2D eigenvalue weighted by Crippen LogP contribution is 2.19. The van der Waals surface area contributed by atoms with Gasteiger partial charge in [-0.1, -0.05) is 23.8 Å². The van der Waals surface area contributed by atoms with Crippen molar-refractivity contribution in [1.82, 2.24) is 9.21 Å². The maximum atomic E-state index is 13.4. The topological polar surface area (TPSA) is 74.8 Å². The minimum atomic E-state index is -3.80. The van der Waals surface area contributed by atoms with Gasteiger partial charge < -0.3 is 4.90 Å². The van der Waals surface area contributed by atoms with Gasteiger partial charge in [-0.3, -0.25) is 9.59 Å². The molecule has 1 amide bonds. The van der Waals surface area contributed by atoms with Crippen molar-refractivity contribution < 1.29 is 22.4 Å². The molecular weight excluding hydrogens is 407 g/mol. The minimum absolute atomic E-state index is 0.0723. The van der Waals surface area contributed by atoms with Crippen LogP contribution >= 0.6 is 0 Å². The summed E-state index contributed by atoms with van der Waals surface area (Å²) in [6.45, 7) is 4.53. The van der Waals surface area contributed by atoms with Gasteiger partial charge >= 0.3 is 0 Å². The van der Waals surface area contributed by atoms with Crippen LogP contribution in [0.1, 0.15) is 34.3 Å². The molecule has 1 heterocycles. The van der Waals surface area contributed by atoms with Crippen LogP contribution in [0, 0.1) is 19.7 Å². The Morgan fingerprint density at radius 1 is 0.967 bits per heavy atom. The fourth-order valence-electron chi connectivity index (χ4n) is 3.50. The summed E-state index contributed by atoms with van der Waals surface area (Å²) in [5, 5.41) is 0. The smallest absolute Gasteiger partial charge is 0.243 e. The van der Waals surface area contributed by atoms with E-state index in [2.05, 4.69) is 0 Å². The third kappa shape index (κ3) is 4.94. The Balaban J connectivity index is 1.55. The van der Waals surface area contributed by atoms with E-state index in [1.807, 2.05) is 32.0 Å². The molecule has 30 heavy (non-hydrogen) atoms. The van der Waals surface area contributed by atoms with Crippen molar-refractivity contribution in [2.75, 3.05) is 26.2 Å². The molecule has 1 saturated heterocycles. The number of nitrogens with zero attached hydrogens (tertiary/aromatic N) is 2. The number of carbonyl (C=O) groups excluding carboxylic acids is 2. The van der Waals surface area contributed by atoms with Gasteiger partial charge in [-0.25, -0.2) is 12.8 Å². The van der Waals surface area contributed by atoms with Crippen LogP contribution in [0.4, 0.5) is 4.39 Å². The fourth-order valence-corrected chi connectivity index (χ4v) is 4.96. The molecule has 1 aliphatic heterocycles. The second kappa shape index (κ2) is 9.06. The monoisotopic (exact) mass is 432 g/mol. The standard InChI is InChI=1S/C22H25FN2O4S/c1-16-6-7-17(2)20(14-16)21(26)8-9-22(27)24-10-12-25(13-11-24)30(28,29)19-5-3-4-18(23)15-19/h3-7,14-15H,8-13H2,1-2H3. The summed E-state index contributed by atoms with van der Waals surface area (Å²) in [7, 11) is -3.80. The van der Waals surface area contributed by atoms with Crippen molar-refractivity contribution in [3.8, 4) is 0 Å². The molecule has 3 rings (SSSR count). The van der Waals surface area contributed by atoms with Gasteiger partial charge in [-0.05, 0) is 43.7 Å². The zero-order valence-electron chi connectivity index (χ0n) is 17.1. The highest BCUT2D eigenvalue weighted by atomic mass is 32.2. The van der Waals surface area contributed by atoms with Gasteiger partial charge in [0.1, 0.15) is 5.82 Å². The third-order valence-corrected chi connectivity index (χ3v) is 7.18. The molecule has 0 atom stereocenters. The maximum absolute atomic E-state index is 13.4. The lowest BCUT2D eigenvalue weighted by Gasteiger charge is -2.34. The number of hydrogen-bond donors (Lipinski definition) is 0. The van der Waals surface area contributed by atoms with Crippen LogP contribution in [0.3, 0.4) is 0 Å². The van der Waals surface area contributed by atoms with Crippen molar-refractivity contribution in [2.24, 2.45) is 0 Å². The highest BCUT2D eigenvalue weighted by Gasteiger charge is 2.30. The zero-order chi connectivity index (χ0) is 21.9. The van der Waals surface area contributed by atoms with Crippen molar-refractivity contribution in [1.29, 1.82) is 0 Å². The van der Waals surface area contributed by atoms with E-state index in [0.717, 1.165) is 17.2 Å². The third-order valence-electron chi connectivity index (χ3n) is 5.28. The van der Waals surface area contributed by atoms with Gasteiger partial charge in [0, 0.05) is 44.6 Å². The van der Waals surface area contributed by atoms with E-state index < -0.39 is 15.8 Å². The van der Waals surface area contributed by atoms with Crippen LogP contribution in [0.25, 0.3) is 0 Å². The van der Waals surface area contributed by atoms with Gasteiger partial charge in [0.25, 0.3) is 0 Å². The van der Waals surface area contributed by atoms with Crippen LogP contribution in [0.5, 0.6) is 0 Å². The summed E-state index contributed by atoms with van der Waals surface area (Å²) in [4.78, 5) is 26.5. The SMILES string of the molecule is Cc1ccc(C)c(C(=O)CCC(=O)N2CCN(S(=O)(=O)c3cccc(F)c3)CC2)c1. The first-order valence-corrected chi connectivity index (χ1v) is 11.3. The first-order chi connectivity index (χ1) is 14.2. The summed E-state index contributed by atoms with van der Waals surface area (Å²) in [6, 6.07) is 10.6. The first kappa shape index (κ1) is 22.1. The van der Waals surface area contributed by atoms with Crippen molar-refractivity contribution in [2.45, 2.75) is 31.6 Å². The van der Waals surface area contributed by atoms with Crippen LogP contribution in [-0.4, -0.2) is 55.5 Å². The number of sulfonamides is 1. The molecule has 0 unspecified atom stereocenters. The zero-order valence-corrected chi connectivity index (χ0v) is 17.9. The normalized spacial score (nSPS) is 15.2. The summed E-state index contributed by atoms with van der Waals surface area (Å²) in [6.07, 6.45) is 0.202. The summed E-state index contributed by atoms with van der Waals surface area (Å²) < 4.78 is 40.0. The second-order valence-corrected chi connectivity index (χ2v) is 9.42. The fraction of sp³-hybridized carbons (Fsp3) is 0.364. The number of Topliss-reactive ketones (excluding diaryl/α,β-unsaturated/α-hetero) is 1. The van der Waals surface area contributed by atoms with Gasteiger partial charge in [0.05, 0.1) is 4.90 Å². The predicted octanol–water partition coefficient (Wildman–Crippen LogP) is 2.94. The van der Waals surface area contributed by atoms with Gasteiger partial charge in [-0.2, -0.15) is 4.31 Å². The number of halogens is 1. The lowest BCUT2D eigenvalue weighted by Crippen LogP contribution is -2.50. The predicted molar refractivity (Wildman–Crippen MR) is 111 cm³/mol. The molecule has 0 spiro atoms. The average Bonchev–Trinajstić information content (AvgIpc) is 2.73. The number of piperazine rings is 1. The van der Waals surface area contributed by atoms with Crippen LogP contribution < -0.4 is 0 Å². The van der Waals surface area contributed by atoms with Crippen molar-refractivity contribution in [3.63, 3.8) is 0 Å². The summed E-state index contributed by atoms with van der Waals surface area (Å²) >= 11 is 0. The molecule has 8 heteroatoms. The lowest BCUT2D eigenvalue weighted by atomic mass is 9.99. The molecule has 1 aliphatic rings. The van der Waals surface area contributed by atoms with E-state index in [1.165, 1.54) is 22.5 Å². The van der Waals surface area contributed by atoms with E-state index in [-0.39, 0.29) is 55.6 Å². The van der Waals surface area contributed by atoms with Gasteiger partial charge in [0.15, 0.2) is 5.78 Å². The molecule has 2 aromatic carbocycles. The molecule has 160 valence electrons. The molecular formula is C22H25FN2O4S. The van der Waals surface area contributed by atoms with E-state index in [1.54, 1.807) is 4.90 Å². The molecule has 0 N–H and O–H groups in total. The number of benzene rings is 2. The van der Waals surface area contributed by atoms with Gasteiger partial charge in [-0.15, -0.1) is 0 Å². The molecule has 0 aliphatic carbocycles. The largest absolute Gasteiger partial charge is 0.340 e. The molecule has 0 bridgehead atoms. The first-order valence-electron chi connectivity index (χ1n) is 9.82. The Morgan fingerprint density at radius 2 is 1.67 bits per heavy atom. The number of carbonyl (C=O) groups is 2. The second-order valence-electron chi connectivity index (χ2n) is 7.48. The number of aryl methyl sites for hydroxylation is 2. The Labute approximate surface area is 176 Å². The van der Waals surface area contributed by atoms with Crippen molar-refractivity contribution in [3.05, 3.63) is 65.0 Å². The summed E-state index contributed by atoms with van der Waals surface area (Å²) in [5.74, 6) is -0.855. The van der Waals surface area contributed by atoms with E-state index in [0.29, 0.717) is 5.56 Å². The average molecular weight is 433 g/mol. The molecule has 2 aromatic rings. The quantitative estimate of drug-likeness (QED) is 0.658. The Morgan fingerprint density at radius 3 is 2.33 bits per heavy atom. The number of ketones is 1. The van der Waals surface area contributed by atoms with E-state index >= 15 is 0 Å². The van der Waals surface area contributed by atoms with E-state index in [4.69, 9.17) is 0 Å². The highest BCUT2D eigenvalue weighted by molar-refractivity contribution is 7.89. The number of rotatable bonds is 6. The maximum Gasteiger partial charge on any atom is 0.243 e. The Bertz CT molecular complexity index is 1060. The van der Waals surface area contributed by atoms with Crippen LogP contribution in [0.2, 0.25) is 0 Å². The van der Waals surface area contributed by atoms with Gasteiger partial charge in [0.2, 0.25) is 15.9 Å². The number of hydrogen-bond acceptors (Lipinski definition) is 4. The molecule has 1 fully saturated rings. The Hall–Kier alpha value is -2.58. The lowest BCUT2D eigenvalue weighted by molar-refractivity contribution is -0.132.